The molecular weight excluding hydrogens is 276 g/mol. The van der Waals surface area contributed by atoms with Crippen LogP contribution in [0.3, 0.4) is 0 Å². The highest BCUT2D eigenvalue weighted by Gasteiger charge is 2.17. The fraction of sp³-hybridized carbons (Fsp3) is 0.533. The van der Waals surface area contributed by atoms with Crippen molar-refractivity contribution >= 4 is 15.6 Å². The van der Waals surface area contributed by atoms with Crippen LogP contribution >= 0.6 is 0 Å². The Balaban J connectivity index is 1.98. The molecule has 0 saturated heterocycles. The zero-order chi connectivity index (χ0) is 14.6. The summed E-state index contributed by atoms with van der Waals surface area (Å²) >= 11 is 0. The largest absolute Gasteiger partial charge is 0.493 e. The summed E-state index contributed by atoms with van der Waals surface area (Å²) in [6, 6.07) is 5.45. The van der Waals surface area contributed by atoms with Gasteiger partial charge in [-0.15, -0.1) is 0 Å². The Morgan fingerprint density at radius 1 is 1.20 bits per heavy atom. The van der Waals surface area contributed by atoms with Crippen LogP contribution in [0.2, 0.25) is 0 Å². The van der Waals surface area contributed by atoms with Crippen molar-refractivity contribution in [1.82, 2.24) is 0 Å². The SMILES string of the molecule is CCCS(=O)(=O)CCOc1ccc2c(c1)C(=O)CCC2. The van der Waals surface area contributed by atoms with Crippen molar-refractivity contribution in [2.24, 2.45) is 0 Å². The molecule has 0 saturated carbocycles. The van der Waals surface area contributed by atoms with Crippen LogP contribution in [0, 0.1) is 0 Å². The number of hydrogen-bond donors (Lipinski definition) is 0. The fourth-order valence-corrected chi connectivity index (χ4v) is 3.56. The van der Waals surface area contributed by atoms with Crippen molar-refractivity contribution in [1.29, 1.82) is 0 Å². The van der Waals surface area contributed by atoms with Gasteiger partial charge in [-0.05, 0) is 37.0 Å². The van der Waals surface area contributed by atoms with Gasteiger partial charge in [0.2, 0.25) is 0 Å². The smallest absolute Gasteiger partial charge is 0.163 e. The molecule has 5 heteroatoms. The highest BCUT2D eigenvalue weighted by atomic mass is 32.2. The molecule has 1 aliphatic rings. The molecule has 4 nitrogen and oxygen atoms in total. The molecule has 0 bridgehead atoms. The van der Waals surface area contributed by atoms with Crippen LogP contribution in [0.4, 0.5) is 0 Å². The zero-order valence-corrected chi connectivity index (χ0v) is 12.5. The number of sulfone groups is 1. The molecule has 110 valence electrons. The second kappa shape index (κ2) is 6.39. The summed E-state index contributed by atoms with van der Waals surface area (Å²) in [6.45, 7) is 1.98. The van der Waals surface area contributed by atoms with Crippen LogP contribution in [0.1, 0.15) is 42.1 Å². The van der Waals surface area contributed by atoms with E-state index in [1.165, 1.54) is 0 Å². The number of ether oxygens (including phenoxy) is 1. The van der Waals surface area contributed by atoms with Gasteiger partial charge in [0, 0.05) is 12.0 Å². The minimum absolute atomic E-state index is 0.0197. The summed E-state index contributed by atoms with van der Waals surface area (Å²) in [5.41, 5.74) is 1.79. The third-order valence-corrected chi connectivity index (χ3v) is 5.23. The molecule has 0 aliphatic heterocycles. The lowest BCUT2D eigenvalue weighted by Crippen LogP contribution is -2.17. The van der Waals surface area contributed by atoms with E-state index in [1.807, 2.05) is 19.1 Å². The van der Waals surface area contributed by atoms with Crippen molar-refractivity contribution in [2.45, 2.75) is 32.6 Å². The zero-order valence-electron chi connectivity index (χ0n) is 11.7. The molecule has 1 aromatic carbocycles. The number of carbonyl (C=O) groups excluding carboxylic acids is 1. The molecule has 0 aromatic heterocycles. The molecule has 0 N–H and O–H groups in total. The van der Waals surface area contributed by atoms with E-state index in [2.05, 4.69) is 0 Å². The number of carbonyl (C=O) groups is 1. The number of rotatable bonds is 6. The Hall–Kier alpha value is -1.36. The summed E-state index contributed by atoms with van der Waals surface area (Å²) in [5.74, 6) is 0.936. The van der Waals surface area contributed by atoms with Gasteiger partial charge in [-0.1, -0.05) is 13.0 Å². The number of Topliss-reactive ketones (excluding diaryl/α,β-unsaturated/α-hetero) is 1. The van der Waals surface area contributed by atoms with Gasteiger partial charge in [-0.25, -0.2) is 8.42 Å². The van der Waals surface area contributed by atoms with E-state index in [1.54, 1.807) is 6.07 Å². The molecule has 0 atom stereocenters. The van der Waals surface area contributed by atoms with Crippen LogP contribution in [-0.4, -0.2) is 32.3 Å². The minimum atomic E-state index is -3.02. The lowest BCUT2D eigenvalue weighted by Gasteiger charge is -2.16. The molecule has 0 spiro atoms. The second-order valence-electron chi connectivity index (χ2n) is 5.10. The second-order valence-corrected chi connectivity index (χ2v) is 7.40. The van der Waals surface area contributed by atoms with Crippen LogP contribution in [0.25, 0.3) is 0 Å². The topological polar surface area (TPSA) is 60.4 Å². The van der Waals surface area contributed by atoms with E-state index < -0.39 is 9.84 Å². The third kappa shape index (κ3) is 3.82. The lowest BCUT2D eigenvalue weighted by molar-refractivity contribution is 0.0972. The third-order valence-electron chi connectivity index (χ3n) is 3.41. The molecule has 0 radical (unpaired) electrons. The molecule has 1 aliphatic carbocycles. The first kappa shape index (κ1) is 15.0. The molecule has 0 heterocycles. The maximum Gasteiger partial charge on any atom is 0.163 e. The van der Waals surface area contributed by atoms with Gasteiger partial charge >= 0.3 is 0 Å². The standard InChI is InChI=1S/C15H20O4S/c1-2-9-20(17,18)10-8-19-13-7-6-12-4-3-5-15(16)14(12)11-13/h6-7,11H,2-5,8-10H2,1H3. The normalized spacial score (nSPS) is 14.9. The van der Waals surface area contributed by atoms with E-state index in [9.17, 15) is 13.2 Å². The first-order valence-corrected chi connectivity index (χ1v) is 8.83. The van der Waals surface area contributed by atoms with Crippen LogP contribution in [0.15, 0.2) is 18.2 Å². The van der Waals surface area contributed by atoms with E-state index in [0.29, 0.717) is 18.6 Å². The quantitative estimate of drug-likeness (QED) is 0.809. The average Bonchev–Trinajstić information content (AvgIpc) is 2.39. The highest BCUT2D eigenvalue weighted by molar-refractivity contribution is 7.91. The first-order chi connectivity index (χ1) is 9.52. The first-order valence-electron chi connectivity index (χ1n) is 7.01. The van der Waals surface area contributed by atoms with Gasteiger partial charge in [0.05, 0.1) is 11.5 Å². The number of ketones is 1. The molecule has 20 heavy (non-hydrogen) atoms. The van der Waals surface area contributed by atoms with E-state index in [0.717, 1.165) is 24.0 Å². The fourth-order valence-electron chi connectivity index (χ4n) is 2.40. The maximum atomic E-state index is 11.8. The van der Waals surface area contributed by atoms with Crippen molar-refractivity contribution < 1.29 is 17.9 Å². The summed E-state index contributed by atoms with van der Waals surface area (Å²) in [7, 11) is -3.02. The summed E-state index contributed by atoms with van der Waals surface area (Å²) in [6.07, 6.45) is 3.03. The Morgan fingerprint density at radius 2 is 2.00 bits per heavy atom. The predicted molar refractivity (Wildman–Crippen MR) is 78.2 cm³/mol. The Kier molecular flexibility index (Phi) is 4.81. The number of fused-ring (bicyclic) bond motifs is 1. The van der Waals surface area contributed by atoms with Crippen LogP contribution < -0.4 is 4.74 Å². The molecule has 0 amide bonds. The van der Waals surface area contributed by atoms with Crippen molar-refractivity contribution in [3.8, 4) is 5.75 Å². The Labute approximate surface area is 120 Å². The van der Waals surface area contributed by atoms with Crippen LogP contribution in [0.5, 0.6) is 5.75 Å². The summed E-state index contributed by atoms with van der Waals surface area (Å²) in [5, 5.41) is 0. The average molecular weight is 296 g/mol. The Bertz CT molecular complexity index is 590. The van der Waals surface area contributed by atoms with Gasteiger partial charge in [-0.3, -0.25) is 4.79 Å². The van der Waals surface area contributed by atoms with Crippen molar-refractivity contribution in [3.05, 3.63) is 29.3 Å². The predicted octanol–water partition coefficient (Wildman–Crippen LogP) is 2.41. The molecule has 1 aromatic rings. The number of hydrogen-bond acceptors (Lipinski definition) is 4. The van der Waals surface area contributed by atoms with Gasteiger partial charge < -0.3 is 4.74 Å². The van der Waals surface area contributed by atoms with E-state index >= 15 is 0 Å². The van der Waals surface area contributed by atoms with E-state index in [4.69, 9.17) is 4.74 Å². The Morgan fingerprint density at radius 3 is 2.75 bits per heavy atom. The maximum absolute atomic E-state index is 11.8. The van der Waals surface area contributed by atoms with Crippen molar-refractivity contribution in [3.63, 3.8) is 0 Å². The van der Waals surface area contributed by atoms with E-state index in [-0.39, 0.29) is 23.9 Å². The van der Waals surface area contributed by atoms with Gasteiger partial charge in [0.25, 0.3) is 0 Å². The lowest BCUT2D eigenvalue weighted by atomic mass is 9.90. The summed E-state index contributed by atoms with van der Waals surface area (Å²) in [4.78, 5) is 11.8. The minimum Gasteiger partial charge on any atom is -0.493 e. The summed E-state index contributed by atoms with van der Waals surface area (Å²) < 4.78 is 28.6. The number of aryl methyl sites for hydroxylation is 1. The van der Waals surface area contributed by atoms with Gasteiger partial charge in [0.15, 0.2) is 15.6 Å². The number of benzene rings is 1. The molecule has 2 rings (SSSR count). The highest BCUT2D eigenvalue weighted by Crippen LogP contribution is 2.25. The monoisotopic (exact) mass is 296 g/mol. The molecule has 0 fully saturated rings. The molecule has 0 unspecified atom stereocenters. The van der Waals surface area contributed by atoms with Crippen molar-refractivity contribution in [2.75, 3.05) is 18.1 Å². The van der Waals surface area contributed by atoms with Gasteiger partial charge in [-0.2, -0.15) is 0 Å². The molecular formula is C15H20O4S. The van der Waals surface area contributed by atoms with Crippen LogP contribution in [-0.2, 0) is 16.3 Å². The van der Waals surface area contributed by atoms with Gasteiger partial charge in [0.1, 0.15) is 12.4 Å².